The molecule has 106 valence electrons. The molecular weight excluding hydrogens is 246 g/mol. The van der Waals surface area contributed by atoms with Crippen LogP contribution in [-0.2, 0) is 4.79 Å². The smallest absolute Gasteiger partial charge is 0.222 e. The zero-order chi connectivity index (χ0) is 13.6. The van der Waals surface area contributed by atoms with Crippen molar-refractivity contribution in [2.24, 2.45) is 5.73 Å². The highest BCUT2D eigenvalue weighted by Gasteiger charge is 2.32. The first-order chi connectivity index (χ1) is 8.53. The van der Waals surface area contributed by atoms with Crippen LogP contribution in [0.2, 0.25) is 0 Å². The van der Waals surface area contributed by atoms with E-state index in [-0.39, 0.29) is 5.91 Å². The van der Waals surface area contributed by atoms with E-state index in [2.05, 4.69) is 11.2 Å². The standard InChI is InChI=1S/C13H27N3OS/c1-15(2)12(17)5-4-8-16-9-6-13(11-14,18-3)7-10-16/h4-11,14H2,1-3H3. The Morgan fingerprint density at radius 1 is 1.39 bits per heavy atom. The van der Waals surface area contributed by atoms with E-state index >= 15 is 0 Å². The molecule has 1 heterocycles. The molecule has 0 atom stereocenters. The van der Waals surface area contributed by atoms with Crippen molar-refractivity contribution in [3.8, 4) is 0 Å². The molecule has 0 radical (unpaired) electrons. The number of carbonyl (C=O) groups excluding carboxylic acids is 1. The van der Waals surface area contributed by atoms with Crippen LogP contribution in [0, 0.1) is 0 Å². The molecule has 18 heavy (non-hydrogen) atoms. The Bertz CT molecular complexity index is 257. The van der Waals surface area contributed by atoms with Gasteiger partial charge in [-0.1, -0.05) is 0 Å². The number of hydrogen-bond acceptors (Lipinski definition) is 4. The lowest BCUT2D eigenvalue weighted by Gasteiger charge is -2.40. The number of piperidine rings is 1. The van der Waals surface area contributed by atoms with Crippen molar-refractivity contribution in [2.45, 2.75) is 30.4 Å². The number of nitrogens with zero attached hydrogens (tertiary/aromatic N) is 2. The maximum Gasteiger partial charge on any atom is 0.222 e. The largest absolute Gasteiger partial charge is 0.349 e. The Morgan fingerprint density at radius 3 is 2.44 bits per heavy atom. The number of thioether (sulfide) groups is 1. The molecule has 1 aliphatic rings. The first kappa shape index (κ1) is 15.8. The average Bonchev–Trinajstić information content (AvgIpc) is 2.39. The van der Waals surface area contributed by atoms with E-state index in [9.17, 15) is 4.79 Å². The minimum absolute atomic E-state index is 0.229. The Balaban J connectivity index is 2.22. The van der Waals surface area contributed by atoms with Gasteiger partial charge in [-0.25, -0.2) is 0 Å². The molecule has 0 unspecified atom stereocenters. The highest BCUT2D eigenvalue weighted by molar-refractivity contribution is 8.00. The molecule has 0 aromatic heterocycles. The first-order valence-electron chi connectivity index (χ1n) is 6.71. The van der Waals surface area contributed by atoms with E-state index in [1.807, 2.05) is 25.9 Å². The van der Waals surface area contributed by atoms with Crippen molar-refractivity contribution in [1.82, 2.24) is 9.80 Å². The molecular formula is C13H27N3OS. The van der Waals surface area contributed by atoms with Gasteiger partial charge in [0.05, 0.1) is 0 Å². The molecule has 0 aromatic carbocycles. The van der Waals surface area contributed by atoms with Gasteiger partial charge < -0.3 is 15.5 Å². The van der Waals surface area contributed by atoms with Crippen molar-refractivity contribution in [1.29, 1.82) is 0 Å². The predicted molar refractivity (Wildman–Crippen MR) is 78.9 cm³/mol. The molecule has 0 aromatic rings. The summed E-state index contributed by atoms with van der Waals surface area (Å²) in [5.41, 5.74) is 5.88. The zero-order valence-electron chi connectivity index (χ0n) is 11.9. The quantitative estimate of drug-likeness (QED) is 0.785. The Hall–Kier alpha value is -0.260. The second-order valence-corrected chi connectivity index (χ2v) is 6.60. The van der Waals surface area contributed by atoms with Crippen LogP contribution in [-0.4, -0.2) is 67.0 Å². The molecule has 1 aliphatic heterocycles. The molecule has 1 amide bonds. The highest BCUT2D eigenvalue weighted by atomic mass is 32.2. The summed E-state index contributed by atoms with van der Waals surface area (Å²) < 4.78 is 0.302. The summed E-state index contributed by atoms with van der Waals surface area (Å²) in [4.78, 5) is 15.6. The van der Waals surface area contributed by atoms with Crippen molar-refractivity contribution < 1.29 is 4.79 Å². The van der Waals surface area contributed by atoms with Crippen molar-refractivity contribution in [3.63, 3.8) is 0 Å². The van der Waals surface area contributed by atoms with Gasteiger partial charge in [0.1, 0.15) is 0 Å². The molecule has 0 spiro atoms. The maximum absolute atomic E-state index is 11.5. The van der Waals surface area contributed by atoms with Crippen LogP contribution in [0.4, 0.5) is 0 Å². The molecule has 1 rings (SSSR count). The van der Waals surface area contributed by atoms with Crippen molar-refractivity contribution in [2.75, 3.05) is 46.5 Å². The fourth-order valence-corrected chi connectivity index (χ4v) is 3.11. The number of nitrogens with two attached hydrogens (primary N) is 1. The highest BCUT2D eigenvalue weighted by Crippen LogP contribution is 2.33. The molecule has 5 heteroatoms. The molecule has 4 nitrogen and oxygen atoms in total. The summed E-state index contributed by atoms with van der Waals surface area (Å²) in [5, 5.41) is 0. The van der Waals surface area contributed by atoms with Gasteiger partial charge in [-0.15, -0.1) is 0 Å². The van der Waals surface area contributed by atoms with Crippen molar-refractivity contribution >= 4 is 17.7 Å². The summed E-state index contributed by atoms with van der Waals surface area (Å²) in [7, 11) is 3.63. The molecule has 0 aliphatic carbocycles. The summed E-state index contributed by atoms with van der Waals surface area (Å²) in [6.07, 6.45) is 6.14. The predicted octanol–water partition coefficient (Wildman–Crippen LogP) is 1.01. The molecule has 2 N–H and O–H groups in total. The molecule has 0 saturated carbocycles. The van der Waals surface area contributed by atoms with Crippen LogP contribution >= 0.6 is 11.8 Å². The topological polar surface area (TPSA) is 49.6 Å². The van der Waals surface area contributed by atoms with Crippen molar-refractivity contribution in [3.05, 3.63) is 0 Å². The normalized spacial score (nSPS) is 19.8. The van der Waals surface area contributed by atoms with Gasteiger partial charge in [-0.2, -0.15) is 11.8 Å². The van der Waals surface area contributed by atoms with E-state index < -0.39 is 0 Å². The van der Waals surface area contributed by atoms with E-state index in [0.717, 1.165) is 32.6 Å². The Labute approximate surface area is 115 Å². The van der Waals surface area contributed by atoms with Gasteiger partial charge in [-0.05, 0) is 45.2 Å². The lowest BCUT2D eigenvalue weighted by atomic mass is 9.95. The number of likely N-dealkylation sites (tertiary alicyclic amines) is 1. The SMILES string of the molecule is CSC1(CN)CCN(CCCC(=O)N(C)C)CC1. The van der Waals surface area contributed by atoms with Crippen LogP contribution in [0.25, 0.3) is 0 Å². The third-order valence-electron chi connectivity index (χ3n) is 3.94. The number of carbonyl (C=O) groups is 1. The molecule has 1 saturated heterocycles. The first-order valence-corrected chi connectivity index (χ1v) is 7.93. The zero-order valence-corrected chi connectivity index (χ0v) is 12.8. The molecule has 1 fully saturated rings. The summed E-state index contributed by atoms with van der Waals surface area (Å²) in [6, 6.07) is 0. The summed E-state index contributed by atoms with van der Waals surface area (Å²) >= 11 is 1.92. The van der Waals surface area contributed by atoms with E-state index in [1.165, 1.54) is 12.8 Å². The second kappa shape index (κ2) is 7.36. The van der Waals surface area contributed by atoms with Crippen LogP contribution in [0.3, 0.4) is 0 Å². The minimum atomic E-state index is 0.229. The van der Waals surface area contributed by atoms with Crippen LogP contribution < -0.4 is 5.73 Å². The van der Waals surface area contributed by atoms with Gasteiger partial charge in [-0.3, -0.25) is 4.79 Å². The number of hydrogen-bond donors (Lipinski definition) is 1. The summed E-state index contributed by atoms with van der Waals surface area (Å²) in [5.74, 6) is 0.229. The van der Waals surface area contributed by atoms with Crippen LogP contribution in [0.15, 0.2) is 0 Å². The van der Waals surface area contributed by atoms with Gasteiger partial charge in [0.2, 0.25) is 5.91 Å². The van der Waals surface area contributed by atoms with Gasteiger partial charge >= 0.3 is 0 Å². The summed E-state index contributed by atoms with van der Waals surface area (Å²) in [6.45, 7) is 4.05. The maximum atomic E-state index is 11.5. The third kappa shape index (κ3) is 4.44. The van der Waals surface area contributed by atoms with Gasteiger partial charge in [0.15, 0.2) is 0 Å². The van der Waals surface area contributed by atoms with Gasteiger partial charge in [0, 0.05) is 31.8 Å². The van der Waals surface area contributed by atoms with Crippen LogP contribution in [0.5, 0.6) is 0 Å². The third-order valence-corrected chi connectivity index (χ3v) is 5.38. The lowest BCUT2D eigenvalue weighted by molar-refractivity contribution is -0.128. The monoisotopic (exact) mass is 273 g/mol. The van der Waals surface area contributed by atoms with E-state index in [0.29, 0.717) is 11.2 Å². The minimum Gasteiger partial charge on any atom is -0.349 e. The van der Waals surface area contributed by atoms with E-state index in [4.69, 9.17) is 5.73 Å². The Kier molecular flexibility index (Phi) is 6.46. The fourth-order valence-electron chi connectivity index (χ4n) is 2.35. The van der Waals surface area contributed by atoms with E-state index in [1.54, 1.807) is 4.90 Å². The number of rotatable bonds is 6. The Morgan fingerprint density at radius 2 is 2.00 bits per heavy atom. The van der Waals surface area contributed by atoms with Gasteiger partial charge in [0.25, 0.3) is 0 Å². The van der Waals surface area contributed by atoms with Crippen LogP contribution in [0.1, 0.15) is 25.7 Å². The average molecular weight is 273 g/mol. The fraction of sp³-hybridized carbons (Fsp3) is 0.923. The molecule has 0 bridgehead atoms. The number of amides is 1. The second-order valence-electron chi connectivity index (χ2n) is 5.32. The lowest BCUT2D eigenvalue weighted by Crippen LogP contribution is -2.46.